The molecule has 0 fully saturated rings. The summed E-state index contributed by atoms with van der Waals surface area (Å²) in [6.45, 7) is 0. The first-order chi connectivity index (χ1) is 13.5. The van der Waals surface area contributed by atoms with E-state index >= 15 is 0 Å². The van der Waals surface area contributed by atoms with Gasteiger partial charge in [-0.3, -0.25) is 0 Å². The second kappa shape index (κ2) is 6.98. The maximum atomic E-state index is 13.2. The molecule has 0 saturated carbocycles. The van der Waals surface area contributed by atoms with Gasteiger partial charge in [-0.15, -0.1) is 0 Å². The molecule has 2 heterocycles. The number of halogens is 3. The number of nitriles is 1. The quantitative estimate of drug-likeness (QED) is 0.463. The molecule has 2 aromatic heterocycles. The van der Waals surface area contributed by atoms with Crippen LogP contribution in [0.25, 0.3) is 17.0 Å². The summed E-state index contributed by atoms with van der Waals surface area (Å²) in [5, 5.41) is 13.6. The van der Waals surface area contributed by atoms with Gasteiger partial charge in [0.2, 0.25) is 0 Å². The molecule has 0 bridgehead atoms. The zero-order chi connectivity index (χ0) is 19.7. The van der Waals surface area contributed by atoms with Crippen molar-refractivity contribution in [2.24, 2.45) is 0 Å². The number of nitrogens with zero attached hydrogens (tertiary/aromatic N) is 5. The highest BCUT2D eigenvalue weighted by atomic mass is 32.2. The number of hydrogen-bond donors (Lipinski definition) is 0. The molecule has 0 atom stereocenters. The van der Waals surface area contributed by atoms with E-state index in [0.29, 0.717) is 21.4 Å². The summed E-state index contributed by atoms with van der Waals surface area (Å²) in [4.78, 5) is 8.87. The van der Waals surface area contributed by atoms with Crippen molar-refractivity contribution in [3.63, 3.8) is 0 Å². The smallest absolute Gasteiger partial charge is 0.211 e. The molecule has 0 N–H and O–H groups in total. The van der Waals surface area contributed by atoms with Crippen LogP contribution in [0.4, 0.5) is 13.2 Å². The highest BCUT2D eigenvalue weighted by Gasteiger charge is 2.34. The predicted molar refractivity (Wildman–Crippen MR) is 96.5 cm³/mol. The van der Waals surface area contributed by atoms with Gasteiger partial charge >= 0.3 is 6.18 Å². The Balaban J connectivity index is 1.80. The number of fused-ring (bicyclic) bond motifs is 1. The largest absolute Gasteiger partial charge is 0.417 e. The Hall–Kier alpha value is -3.38. The second-order valence-electron chi connectivity index (χ2n) is 5.74. The molecule has 4 aromatic rings. The molecule has 0 radical (unpaired) electrons. The Morgan fingerprint density at radius 3 is 2.54 bits per heavy atom. The average molecular weight is 397 g/mol. The average Bonchev–Trinajstić information content (AvgIpc) is 3.17. The first-order valence-electron chi connectivity index (χ1n) is 8.01. The molecule has 28 heavy (non-hydrogen) atoms. The van der Waals surface area contributed by atoms with Crippen LogP contribution in [0.5, 0.6) is 0 Å². The van der Waals surface area contributed by atoms with Crippen LogP contribution in [0.3, 0.4) is 0 Å². The molecular weight excluding hydrogens is 387 g/mol. The molecular formula is C19H10F3N5S. The summed E-state index contributed by atoms with van der Waals surface area (Å²) in [6.07, 6.45) is -3.28. The number of rotatable bonds is 3. The lowest BCUT2D eigenvalue weighted by molar-refractivity contribution is -0.137. The minimum Gasteiger partial charge on any atom is -0.211 e. The first-order valence-corrected chi connectivity index (χ1v) is 8.83. The third-order valence-corrected chi connectivity index (χ3v) is 4.92. The van der Waals surface area contributed by atoms with E-state index in [1.165, 1.54) is 23.0 Å². The van der Waals surface area contributed by atoms with Gasteiger partial charge in [-0.05, 0) is 24.3 Å². The summed E-state index contributed by atoms with van der Waals surface area (Å²) < 4.78 is 41.2. The van der Waals surface area contributed by atoms with Crippen LogP contribution in [0.15, 0.2) is 70.8 Å². The molecule has 0 aliphatic carbocycles. The Morgan fingerprint density at radius 2 is 1.82 bits per heavy atom. The Kier molecular flexibility index (Phi) is 4.49. The lowest BCUT2D eigenvalue weighted by Gasteiger charge is -2.11. The van der Waals surface area contributed by atoms with E-state index in [-0.39, 0.29) is 0 Å². The van der Waals surface area contributed by atoms with E-state index in [0.717, 1.165) is 23.4 Å². The lowest BCUT2D eigenvalue weighted by atomic mass is 10.1. The minimum absolute atomic E-state index is 0.327. The predicted octanol–water partition coefficient (Wildman–Crippen LogP) is 4.83. The highest BCUT2D eigenvalue weighted by Crippen LogP contribution is 2.37. The fourth-order valence-electron chi connectivity index (χ4n) is 2.65. The zero-order valence-corrected chi connectivity index (χ0v) is 14.9. The summed E-state index contributed by atoms with van der Waals surface area (Å²) in [6, 6.07) is 16.3. The molecule has 0 amide bonds. The molecule has 0 saturated heterocycles. The standard InChI is InChI=1S/C19H10F3N5S/c20-19(21,22)15-8-14(7-6-13(15)10-23)28-17-9-16(12-4-2-1-3-5-12)26-18-24-11-25-27(17)18/h1-9,11H. The summed E-state index contributed by atoms with van der Waals surface area (Å²) >= 11 is 1.09. The van der Waals surface area contributed by atoms with Gasteiger partial charge in [0.25, 0.3) is 5.78 Å². The van der Waals surface area contributed by atoms with E-state index in [1.54, 1.807) is 12.1 Å². The van der Waals surface area contributed by atoms with Crippen molar-refractivity contribution in [2.75, 3.05) is 0 Å². The van der Waals surface area contributed by atoms with Gasteiger partial charge in [0.05, 0.1) is 22.9 Å². The Morgan fingerprint density at radius 1 is 1.04 bits per heavy atom. The Labute approximate surface area is 161 Å². The van der Waals surface area contributed by atoms with Crippen LogP contribution in [0.1, 0.15) is 11.1 Å². The topological polar surface area (TPSA) is 66.9 Å². The number of alkyl halides is 3. The summed E-state index contributed by atoms with van der Waals surface area (Å²) in [5.74, 6) is 0.341. The van der Waals surface area contributed by atoms with E-state index in [2.05, 4.69) is 15.1 Å². The molecule has 9 heteroatoms. The molecule has 2 aromatic carbocycles. The fraction of sp³-hybridized carbons (Fsp3) is 0.0526. The van der Waals surface area contributed by atoms with Gasteiger partial charge < -0.3 is 0 Å². The normalized spacial score (nSPS) is 11.5. The SMILES string of the molecule is N#Cc1ccc(Sc2cc(-c3ccccc3)nc3ncnn23)cc1C(F)(F)F. The van der Waals surface area contributed by atoms with Crippen LogP contribution in [0.2, 0.25) is 0 Å². The maximum Gasteiger partial charge on any atom is 0.417 e. The third-order valence-electron chi connectivity index (χ3n) is 3.93. The second-order valence-corrected chi connectivity index (χ2v) is 6.83. The molecule has 0 aliphatic rings. The molecule has 0 spiro atoms. The van der Waals surface area contributed by atoms with Crippen molar-refractivity contribution in [1.29, 1.82) is 5.26 Å². The number of benzene rings is 2. The lowest BCUT2D eigenvalue weighted by Crippen LogP contribution is -2.08. The van der Waals surface area contributed by atoms with Gasteiger partial charge in [-0.2, -0.15) is 33.0 Å². The van der Waals surface area contributed by atoms with E-state index in [4.69, 9.17) is 5.26 Å². The number of hydrogen-bond acceptors (Lipinski definition) is 5. The molecule has 138 valence electrons. The van der Waals surface area contributed by atoms with Crippen LogP contribution in [-0.4, -0.2) is 19.6 Å². The van der Waals surface area contributed by atoms with Crippen LogP contribution in [0, 0.1) is 11.3 Å². The van der Waals surface area contributed by atoms with Crippen molar-refractivity contribution in [3.05, 3.63) is 72.1 Å². The maximum absolute atomic E-state index is 13.2. The van der Waals surface area contributed by atoms with Gasteiger partial charge in [0, 0.05) is 10.5 Å². The van der Waals surface area contributed by atoms with Gasteiger partial charge in [-0.25, -0.2) is 4.98 Å². The van der Waals surface area contributed by atoms with Crippen LogP contribution < -0.4 is 0 Å². The summed E-state index contributed by atoms with van der Waals surface area (Å²) in [5.41, 5.74) is 0.105. The Bertz CT molecular complexity index is 1200. The number of aromatic nitrogens is 4. The molecule has 0 unspecified atom stereocenters. The van der Waals surface area contributed by atoms with Crippen molar-refractivity contribution >= 4 is 17.5 Å². The molecule has 4 rings (SSSR count). The third kappa shape index (κ3) is 3.42. The van der Waals surface area contributed by atoms with Crippen molar-refractivity contribution in [2.45, 2.75) is 16.1 Å². The van der Waals surface area contributed by atoms with Crippen LogP contribution in [-0.2, 0) is 6.18 Å². The van der Waals surface area contributed by atoms with Gasteiger partial charge in [0.1, 0.15) is 11.4 Å². The van der Waals surface area contributed by atoms with E-state index in [1.807, 2.05) is 30.3 Å². The van der Waals surface area contributed by atoms with E-state index < -0.39 is 17.3 Å². The van der Waals surface area contributed by atoms with Crippen molar-refractivity contribution < 1.29 is 13.2 Å². The minimum atomic E-state index is -4.61. The zero-order valence-electron chi connectivity index (χ0n) is 14.1. The fourth-order valence-corrected chi connectivity index (χ4v) is 3.59. The monoisotopic (exact) mass is 397 g/mol. The summed E-state index contributed by atoms with van der Waals surface area (Å²) in [7, 11) is 0. The van der Waals surface area contributed by atoms with Gasteiger partial charge in [0.15, 0.2) is 0 Å². The van der Waals surface area contributed by atoms with Gasteiger partial charge in [-0.1, -0.05) is 42.1 Å². The highest BCUT2D eigenvalue weighted by molar-refractivity contribution is 7.99. The van der Waals surface area contributed by atoms with Crippen molar-refractivity contribution in [1.82, 2.24) is 19.6 Å². The van der Waals surface area contributed by atoms with E-state index in [9.17, 15) is 13.2 Å². The first kappa shape index (κ1) is 18.0. The molecule has 5 nitrogen and oxygen atoms in total. The van der Waals surface area contributed by atoms with Crippen molar-refractivity contribution in [3.8, 4) is 17.3 Å². The van der Waals surface area contributed by atoms with Crippen LogP contribution >= 0.6 is 11.8 Å². The molecule has 0 aliphatic heterocycles.